The number of hydrogen-bond acceptors (Lipinski definition) is 10. The van der Waals surface area contributed by atoms with Gasteiger partial charge in [0.25, 0.3) is 0 Å². The molecular formula is C64H96N4O8. The first-order valence-electron chi connectivity index (χ1n) is 30.5. The van der Waals surface area contributed by atoms with Crippen LogP contribution in [-0.4, -0.2) is 121 Å². The maximum absolute atomic E-state index is 13.3. The predicted molar refractivity (Wildman–Crippen MR) is 298 cm³/mol. The van der Waals surface area contributed by atoms with Crippen LogP contribution in [0.15, 0.2) is 24.3 Å². The second-order valence-electron chi connectivity index (χ2n) is 25.2. The number of likely N-dealkylation sites (tertiary alicyclic amines) is 4. The van der Waals surface area contributed by atoms with Crippen LogP contribution in [0.5, 0.6) is 11.5 Å². The highest BCUT2D eigenvalue weighted by Gasteiger charge is 2.52. The van der Waals surface area contributed by atoms with Crippen LogP contribution in [0.25, 0.3) is 0 Å². The summed E-state index contributed by atoms with van der Waals surface area (Å²) < 4.78 is 22.7. The van der Waals surface area contributed by atoms with Crippen molar-refractivity contribution in [2.45, 2.75) is 221 Å². The summed E-state index contributed by atoms with van der Waals surface area (Å²) >= 11 is 0. The lowest BCUT2D eigenvalue weighted by Gasteiger charge is -2.42. The van der Waals surface area contributed by atoms with Crippen molar-refractivity contribution in [1.82, 2.24) is 19.6 Å². The van der Waals surface area contributed by atoms with Crippen LogP contribution >= 0.6 is 0 Å². The van der Waals surface area contributed by atoms with E-state index in [1.54, 1.807) is 0 Å². The second kappa shape index (κ2) is 24.1. The van der Waals surface area contributed by atoms with Crippen molar-refractivity contribution in [1.29, 1.82) is 0 Å². The zero-order valence-corrected chi connectivity index (χ0v) is 48.3. The third-order valence-electron chi connectivity index (χ3n) is 20.3. The summed E-state index contributed by atoms with van der Waals surface area (Å²) in [6, 6.07) is 9.90. The second-order valence-corrected chi connectivity index (χ2v) is 25.2. The number of carbonyl (C=O) groups is 4. The Balaban J connectivity index is 0.000000186. The van der Waals surface area contributed by atoms with Gasteiger partial charge in [-0.15, -0.1) is 0 Å². The zero-order chi connectivity index (χ0) is 53.8. The predicted octanol–water partition coefficient (Wildman–Crippen LogP) is 12.0. The smallest absolute Gasteiger partial charge is 0.312 e. The molecule has 0 aromatic heterocycles. The molecule has 76 heavy (non-hydrogen) atoms. The highest BCUT2D eigenvalue weighted by atomic mass is 16.5. The summed E-state index contributed by atoms with van der Waals surface area (Å²) in [4.78, 5) is 61.4. The fraction of sp³-hybridized carbons (Fsp3) is 0.750. The average Bonchev–Trinajstić information content (AvgIpc) is 4.38. The topological polar surface area (TPSA) is 118 Å². The number of nitrogens with zero attached hydrogens (tertiary/aromatic N) is 4. The van der Waals surface area contributed by atoms with Gasteiger partial charge in [0.15, 0.2) is 0 Å². The molecule has 12 nitrogen and oxygen atoms in total. The van der Waals surface area contributed by atoms with Crippen molar-refractivity contribution < 1.29 is 38.1 Å². The summed E-state index contributed by atoms with van der Waals surface area (Å²) in [5, 5.41) is 0. The van der Waals surface area contributed by atoms with E-state index >= 15 is 0 Å². The van der Waals surface area contributed by atoms with Gasteiger partial charge in [-0.3, -0.25) is 29.0 Å². The maximum Gasteiger partial charge on any atom is 0.312 e. The van der Waals surface area contributed by atoms with E-state index in [4.69, 9.17) is 18.9 Å². The fourth-order valence-corrected chi connectivity index (χ4v) is 14.9. The summed E-state index contributed by atoms with van der Waals surface area (Å²) in [6.07, 6.45) is 19.6. The molecule has 420 valence electrons. The molecule has 0 unspecified atom stereocenters. The number of esters is 2. The first-order chi connectivity index (χ1) is 36.6. The highest BCUT2D eigenvalue weighted by Crippen LogP contribution is 2.50. The average molecular weight is 1050 g/mol. The van der Waals surface area contributed by atoms with Gasteiger partial charge in [0.1, 0.15) is 11.5 Å². The number of piperidine rings is 2. The quantitative estimate of drug-likeness (QED) is 0.134. The third kappa shape index (κ3) is 12.3. The molecule has 4 saturated carbocycles. The van der Waals surface area contributed by atoms with Gasteiger partial charge in [-0.25, -0.2) is 0 Å². The van der Waals surface area contributed by atoms with Gasteiger partial charge in [0, 0.05) is 51.1 Å². The maximum atomic E-state index is 13.3. The van der Waals surface area contributed by atoms with Crippen molar-refractivity contribution in [3.8, 4) is 11.5 Å². The van der Waals surface area contributed by atoms with Crippen LogP contribution in [0, 0.1) is 35.5 Å². The molecular weight excluding hydrogens is 953 g/mol. The Morgan fingerprint density at radius 2 is 0.855 bits per heavy atom. The van der Waals surface area contributed by atoms with E-state index in [2.05, 4.69) is 85.4 Å². The first kappa shape index (κ1) is 56.6. The molecule has 0 atom stereocenters. The Kier molecular flexibility index (Phi) is 17.9. The number of amides is 2. The molecule has 2 spiro atoms. The largest absolute Gasteiger partial charge is 0.494 e. The Labute approximate surface area is 457 Å². The molecule has 4 aliphatic heterocycles. The van der Waals surface area contributed by atoms with Gasteiger partial charge in [0.2, 0.25) is 11.8 Å². The number of aryl methyl sites for hydroxylation is 2. The minimum atomic E-state index is -0.352. The minimum absolute atomic E-state index is 0.0377. The van der Waals surface area contributed by atoms with E-state index in [-0.39, 0.29) is 45.7 Å². The van der Waals surface area contributed by atoms with E-state index < -0.39 is 0 Å². The van der Waals surface area contributed by atoms with E-state index in [1.165, 1.54) is 59.1 Å². The summed E-state index contributed by atoms with van der Waals surface area (Å²) in [5.41, 5.74) is 7.96. The molecule has 0 N–H and O–H groups in total. The van der Waals surface area contributed by atoms with Gasteiger partial charge in [0.05, 0.1) is 37.3 Å². The van der Waals surface area contributed by atoms with Gasteiger partial charge in [-0.1, -0.05) is 26.0 Å². The van der Waals surface area contributed by atoms with Crippen LogP contribution in [0.4, 0.5) is 0 Å². The van der Waals surface area contributed by atoms with Crippen molar-refractivity contribution in [2.24, 2.45) is 21.7 Å². The molecule has 4 aliphatic carbocycles. The number of rotatable bonds is 18. The van der Waals surface area contributed by atoms with Gasteiger partial charge in [-0.2, -0.15) is 0 Å². The molecule has 0 radical (unpaired) electrons. The lowest BCUT2D eigenvalue weighted by atomic mass is 9.70. The van der Waals surface area contributed by atoms with Crippen LogP contribution in [0.3, 0.4) is 0 Å². The van der Waals surface area contributed by atoms with Crippen molar-refractivity contribution in [3.63, 3.8) is 0 Å². The molecule has 4 saturated heterocycles. The zero-order valence-electron chi connectivity index (χ0n) is 48.3. The number of ether oxygens (including phenoxy) is 4. The van der Waals surface area contributed by atoms with Gasteiger partial charge in [-0.05, 0) is 251 Å². The van der Waals surface area contributed by atoms with Crippen LogP contribution in [-0.2, 0) is 41.7 Å². The Morgan fingerprint density at radius 3 is 1.16 bits per heavy atom. The van der Waals surface area contributed by atoms with Crippen molar-refractivity contribution in [3.05, 3.63) is 57.6 Å². The van der Waals surface area contributed by atoms with Gasteiger partial charge < -0.3 is 28.7 Å². The van der Waals surface area contributed by atoms with Crippen LogP contribution in [0.1, 0.15) is 215 Å². The molecule has 8 aliphatic rings. The molecule has 2 aromatic carbocycles. The lowest BCUT2D eigenvalue weighted by molar-refractivity contribution is -0.160. The SMILES string of the molecule is CCOC(=O)C1(CC)CCC(N2CC3(CCN(Cc4cc(OCC)c(C)cc4C4CC4)CC3)CC2=O)CC1.CCOC(=O)C1(CC)CCC(N2CC3(CCN(Cc4cc(OCC)c(C)cc4C4CC4)CC3)CC2=O)CC1. The molecule has 4 heterocycles. The Morgan fingerprint density at radius 1 is 0.500 bits per heavy atom. The fourth-order valence-electron chi connectivity index (χ4n) is 14.9. The standard InChI is InChI=1S/2C32H48N2O4/c2*1-5-32(30(36)38-7-3)12-10-26(11-13-32)34-22-31(20-29(34)35)14-16-33(17-15-31)21-25-19-28(37-6-2)23(4)18-27(25)24-8-9-24/h2*18-19,24,26H,5-17,20-22H2,1-4H3. The molecule has 0 bridgehead atoms. The lowest BCUT2D eigenvalue weighted by Crippen LogP contribution is -2.46. The summed E-state index contributed by atoms with van der Waals surface area (Å²) in [5.74, 6) is 4.09. The van der Waals surface area contributed by atoms with Crippen molar-refractivity contribution in [2.75, 3.05) is 65.7 Å². The summed E-state index contributed by atoms with van der Waals surface area (Å²) in [7, 11) is 0. The van der Waals surface area contributed by atoms with Crippen molar-refractivity contribution >= 4 is 23.8 Å². The van der Waals surface area contributed by atoms with E-state index in [0.29, 0.717) is 51.1 Å². The monoisotopic (exact) mass is 1050 g/mol. The highest BCUT2D eigenvalue weighted by molar-refractivity contribution is 5.81. The van der Waals surface area contributed by atoms with Crippen LogP contribution < -0.4 is 9.47 Å². The van der Waals surface area contributed by atoms with E-state index in [1.807, 2.05) is 13.8 Å². The minimum Gasteiger partial charge on any atom is -0.494 e. The van der Waals surface area contributed by atoms with Crippen LogP contribution in [0.2, 0.25) is 0 Å². The van der Waals surface area contributed by atoms with E-state index in [0.717, 1.165) is 166 Å². The molecule has 2 amide bonds. The van der Waals surface area contributed by atoms with E-state index in [9.17, 15) is 19.2 Å². The Bertz CT molecular complexity index is 2200. The number of carbonyl (C=O) groups excluding carboxylic acids is 4. The Hall–Kier alpha value is -4.16. The molecule has 12 heteroatoms. The summed E-state index contributed by atoms with van der Waals surface area (Å²) in [6.45, 7) is 26.6. The first-order valence-corrected chi connectivity index (χ1v) is 30.5. The molecule has 8 fully saturated rings. The normalized spacial score (nSPS) is 27.6. The molecule has 2 aromatic rings. The molecule has 10 rings (SSSR count). The number of benzene rings is 2. The van der Waals surface area contributed by atoms with Gasteiger partial charge >= 0.3 is 11.9 Å². The third-order valence-corrected chi connectivity index (χ3v) is 20.3. The number of hydrogen-bond donors (Lipinski definition) is 0.